The fourth-order valence-corrected chi connectivity index (χ4v) is 4.83. The van der Waals surface area contributed by atoms with E-state index in [0.29, 0.717) is 6.04 Å². The van der Waals surface area contributed by atoms with Crippen LogP contribution in [0.25, 0.3) is 0 Å². The summed E-state index contributed by atoms with van der Waals surface area (Å²) in [6.07, 6.45) is 2.15. The van der Waals surface area contributed by atoms with Gasteiger partial charge in [-0.05, 0) is 65.2 Å². The molecule has 0 saturated carbocycles. The van der Waals surface area contributed by atoms with Crippen molar-refractivity contribution < 1.29 is 8.42 Å². The zero-order valence-corrected chi connectivity index (χ0v) is 16.3. The number of thiophene rings is 1. The van der Waals surface area contributed by atoms with Crippen molar-refractivity contribution in [2.45, 2.75) is 30.3 Å². The van der Waals surface area contributed by atoms with Crippen molar-refractivity contribution in [1.29, 1.82) is 0 Å². The number of nitrogens with zero attached hydrogens (tertiary/aromatic N) is 1. The Hall–Kier alpha value is -0.930. The van der Waals surface area contributed by atoms with Crippen LogP contribution in [-0.2, 0) is 16.6 Å². The number of piperidine rings is 1. The molecule has 24 heavy (non-hydrogen) atoms. The first-order valence-corrected chi connectivity index (χ1v) is 10.9. The van der Waals surface area contributed by atoms with Gasteiger partial charge in [-0.15, -0.1) is 11.3 Å². The van der Waals surface area contributed by atoms with Gasteiger partial charge in [0.05, 0.1) is 8.68 Å². The second-order valence-electron chi connectivity index (χ2n) is 5.89. The lowest BCUT2D eigenvalue weighted by atomic mass is 10.0. The number of hydrogen-bond donors (Lipinski definition) is 2. The largest absolute Gasteiger partial charge is 0.371 e. The summed E-state index contributed by atoms with van der Waals surface area (Å²) in [6.45, 7) is 2.82. The molecule has 3 rings (SSSR count). The molecule has 1 aromatic heterocycles. The lowest BCUT2D eigenvalue weighted by Gasteiger charge is -2.34. The summed E-state index contributed by atoms with van der Waals surface area (Å²) < 4.78 is 23.8. The molecule has 3 N–H and O–H groups in total. The molecule has 0 aliphatic carbocycles. The predicted octanol–water partition coefficient (Wildman–Crippen LogP) is 2.92. The first-order chi connectivity index (χ1) is 11.4. The maximum Gasteiger partial charge on any atom is 0.238 e. The molecule has 0 radical (unpaired) electrons. The number of halogens is 1. The molecule has 130 valence electrons. The maximum atomic E-state index is 11.3. The molecule has 2 heterocycles. The summed E-state index contributed by atoms with van der Waals surface area (Å²) in [4.78, 5) is 3.78. The van der Waals surface area contributed by atoms with Crippen molar-refractivity contribution >= 4 is 43.0 Å². The van der Waals surface area contributed by atoms with E-state index in [1.807, 2.05) is 12.1 Å². The van der Waals surface area contributed by atoms with Crippen LogP contribution in [0.4, 0.5) is 5.69 Å². The minimum Gasteiger partial charge on any atom is -0.371 e. The Morgan fingerprint density at radius 1 is 1.17 bits per heavy atom. The van der Waals surface area contributed by atoms with Gasteiger partial charge in [-0.25, -0.2) is 13.6 Å². The van der Waals surface area contributed by atoms with Gasteiger partial charge in [0.2, 0.25) is 10.0 Å². The van der Waals surface area contributed by atoms with Crippen LogP contribution < -0.4 is 15.4 Å². The number of anilines is 1. The summed E-state index contributed by atoms with van der Waals surface area (Å²) in [5, 5.41) is 8.75. The second-order valence-corrected chi connectivity index (χ2v) is 10.00. The fourth-order valence-electron chi connectivity index (χ4n) is 2.88. The van der Waals surface area contributed by atoms with Gasteiger partial charge in [0.15, 0.2) is 0 Å². The van der Waals surface area contributed by atoms with E-state index in [0.717, 1.165) is 41.9 Å². The molecule has 0 bridgehead atoms. The molecule has 5 nitrogen and oxygen atoms in total. The second kappa shape index (κ2) is 7.53. The van der Waals surface area contributed by atoms with Gasteiger partial charge < -0.3 is 10.2 Å². The van der Waals surface area contributed by atoms with Crippen LogP contribution in [0.2, 0.25) is 0 Å². The highest BCUT2D eigenvalue weighted by molar-refractivity contribution is 9.11. The highest BCUT2D eigenvalue weighted by Crippen LogP contribution is 2.24. The average Bonchev–Trinajstić information content (AvgIpc) is 2.98. The SMILES string of the molecule is NS(=O)(=O)c1ccc(N2CCC(NCc3ccc(Br)s3)CC2)cc1. The van der Waals surface area contributed by atoms with Gasteiger partial charge in [-0.2, -0.15) is 0 Å². The lowest BCUT2D eigenvalue weighted by Crippen LogP contribution is -2.42. The van der Waals surface area contributed by atoms with E-state index in [9.17, 15) is 8.42 Å². The van der Waals surface area contributed by atoms with Gasteiger partial charge in [0, 0.05) is 36.2 Å². The van der Waals surface area contributed by atoms with Gasteiger partial charge in [-0.1, -0.05) is 0 Å². The predicted molar refractivity (Wildman–Crippen MR) is 102 cm³/mol. The highest BCUT2D eigenvalue weighted by atomic mass is 79.9. The van der Waals surface area contributed by atoms with Crippen LogP contribution in [-0.4, -0.2) is 27.5 Å². The Labute approximate surface area is 155 Å². The van der Waals surface area contributed by atoms with Crippen molar-refractivity contribution in [3.05, 3.63) is 45.1 Å². The van der Waals surface area contributed by atoms with Crippen LogP contribution in [0.1, 0.15) is 17.7 Å². The van der Waals surface area contributed by atoms with Gasteiger partial charge in [0.25, 0.3) is 0 Å². The minimum atomic E-state index is -3.62. The quantitative estimate of drug-likeness (QED) is 0.765. The molecule has 1 saturated heterocycles. The van der Waals surface area contributed by atoms with Gasteiger partial charge >= 0.3 is 0 Å². The first kappa shape index (κ1) is 17.9. The zero-order valence-electron chi connectivity index (χ0n) is 13.1. The summed E-state index contributed by atoms with van der Waals surface area (Å²) in [7, 11) is -3.62. The fraction of sp³-hybridized carbons (Fsp3) is 0.375. The van der Waals surface area contributed by atoms with E-state index < -0.39 is 10.0 Å². The van der Waals surface area contributed by atoms with Crippen LogP contribution in [0, 0.1) is 0 Å². The molecule has 0 unspecified atom stereocenters. The van der Waals surface area contributed by atoms with Crippen LogP contribution in [0.15, 0.2) is 45.1 Å². The number of primary sulfonamides is 1. The Kier molecular flexibility index (Phi) is 5.61. The molecule has 0 spiro atoms. The van der Waals surface area contributed by atoms with Crippen LogP contribution in [0.3, 0.4) is 0 Å². The van der Waals surface area contributed by atoms with Crippen molar-refractivity contribution in [3.63, 3.8) is 0 Å². The normalized spacial score (nSPS) is 16.5. The molecule has 0 atom stereocenters. The zero-order chi connectivity index (χ0) is 17.2. The Bertz CT molecular complexity index is 782. The van der Waals surface area contributed by atoms with Crippen molar-refractivity contribution in [1.82, 2.24) is 5.32 Å². The molecule has 0 amide bonds. The highest BCUT2D eigenvalue weighted by Gasteiger charge is 2.19. The molecule has 1 aliphatic rings. The van der Waals surface area contributed by atoms with Crippen molar-refractivity contribution in [2.75, 3.05) is 18.0 Å². The monoisotopic (exact) mass is 429 g/mol. The number of nitrogens with two attached hydrogens (primary N) is 1. The van der Waals surface area contributed by atoms with Crippen LogP contribution in [0.5, 0.6) is 0 Å². The molecule has 8 heteroatoms. The Morgan fingerprint density at radius 3 is 2.38 bits per heavy atom. The third-order valence-electron chi connectivity index (χ3n) is 4.22. The third kappa shape index (κ3) is 4.58. The van der Waals surface area contributed by atoms with E-state index in [1.54, 1.807) is 23.5 Å². The number of benzene rings is 1. The van der Waals surface area contributed by atoms with Crippen molar-refractivity contribution in [3.8, 4) is 0 Å². The molecular formula is C16H20BrN3O2S2. The standard InChI is InChI=1S/C16H20BrN3O2S2/c17-16-6-3-14(23-16)11-19-12-7-9-20(10-8-12)13-1-4-15(5-2-13)24(18,21)22/h1-6,12,19H,7-11H2,(H2,18,21,22). The van der Waals surface area contributed by atoms with E-state index >= 15 is 0 Å². The van der Waals surface area contributed by atoms with E-state index in [4.69, 9.17) is 5.14 Å². The first-order valence-electron chi connectivity index (χ1n) is 7.77. The number of nitrogens with one attached hydrogen (secondary N) is 1. The molecule has 1 aliphatic heterocycles. The smallest absolute Gasteiger partial charge is 0.238 e. The average molecular weight is 430 g/mol. The summed E-state index contributed by atoms with van der Waals surface area (Å²) in [5.74, 6) is 0. The van der Waals surface area contributed by atoms with E-state index in [2.05, 4.69) is 38.3 Å². The summed E-state index contributed by atoms with van der Waals surface area (Å²) >= 11 is 5.25. The van der Waals surface area contributed by atoms with Gasteiger partial charge in [0.1, 0.15) is 0 Å². The third-order valence-corrected chi connectivity index (χ3v) is 6.77. The molecular weight excluding hydrogens is 410 g/mol. The number of rotatable bonds is 5. The van der Waals surface area contributed by atoms with Crippen LogP contribution >= 0.6 is 27.3 Å². The molecule has 1 aromatic carbocycles. The number of hydrogen-bond acceptors (Lipinski definition) is 5. The Morgan fingerprint density at radius 2 is 1.83 bits per heavy atom. The minimum absolute atomic E-state index is 0.157. The number of sulfonamides is 1. The van der Waals surface area contributed by atoms with Gasteiger partial charge in [-0.3, -0.25) is 0 Å². The molecule has 1 fully saturated rings. The Balaban J connectivity index is 1.51. The molecule has 2 aromatic rings. The summed E-state index contributed by atoms with van der Waals surface area (Å²) in [5.41, 5.74) is 1.04. The van der Waals surface area contributed by atoms with Crippen molar-refractivity contribution in [2.24, 2.45) is 5.14 Å². The van der Waals surface area contributed by atoms with E-state index in [1.165, 1.54) is 4.88 Å². The lowest BCUT2D eigenvalue weighted by molar-refractivity contribution is 0.415. The maximum absolute atomic E-state index is 11.3. The topological polar surface area (TPSA) is 75.4 Å². The van der Waals surface area contributed by atoms with E-state index in [-0.39, 0.29) is 4.90 Å². The summed E-state index contributed by atoms with van der Waals surface area (Å²) in [6, 6.07) is 11.5.